The summed E-state index contributed by atoms with van der Waals surface area (Å²) in [6.07, 6.45) is 2.27. The number of nitrogens with zero attached hydrogens (tertiary/aromatic N) is 2. The standard InChI is InChI=1S/C24H31FN2O4S/c1-4-24(2,29)17-26(11-12-30-3)15-23(28)27-10-8-22-20(9-13-32-22)21(27)16-31-19-7-5-6-18(25)14-19/h4-7,9,13-14,21,29H,1,8,10-12,15-17H2,2-3H3. The van der Waals surface area contributed by atoms with Crippen LogP contribution in [0.4, 0.5) is 4.39 Å². The second-order valence-electron chi connectivity index (χ2n) is 8.19. The van der Waals surface area contributed by atoms with Gasteiger partial charge in [0.05, 0.1) is 24.8 Å². The molecule has 8 heteroatoms. The molecule has 3 rings (SSSR count). The van der Waals surface area contributed by atoms with Crippen LogP contribution in [0.15, 0.2) is 48.4 Å². The minimum atomic E-state index is -1.11. The largest absolute Gasteiger partial charge is 0.491 e. The zero-order valence-corrected chi connectivity index (χ0v) is 19.4. The number of hydrogen-bond donors (Lipinski definition) is 1. The van der Waals surface area contributed by atoms with Gasteiger partial charge < -0.3 is 19.5 Å². The highest BCUT2D eigenvalue weighted by atomic mass is 32.1. The van der Waals surface area contributed by atoms with E-state index in [1.54, 1.807) is 37.5 Å². The lowest BCUT2D eigenvalue weighted by Crippen LogP contribution is -2.49. The highest BCUT2D eigenvalue weighted by molar-refractivity contribution is 7.10. The Bertz CT molecular complexity index is 917. The zero-order valence-electron chi connectivity index (χ0n) is 18.6. The zero-order chi connectivity index (χ0) is 23.1. The Hall–Kier alpha value is -2.26. The molecule has 1 aromatic carbocycles. The summed E-state index contributed by atoms with van der Waals surface area (Å²) in [6.45, 7) is 7.53. The fourth-order valence-corrected chi connectivity index (χ4v) is 4.77. The third-order valence-electron chi connectivity index (χ3n) is 5.57. The van der Waals surface area contributed by atoms with Crippen LogP contribution >= 0.6 is 11.3 Å². The fourth-order valence-electron chi connectivity index (χ4n) is 3.84. The Morgan fingerprint density at radius 2 is 2.28 bits per heavy atom. The maximum absolute atomic E-state index is 13.6. The van der Waals surface area contributed by atoms with Crippen LogP contribution in [0.25, 0.3) is 0 Å². The molecule has 2 aromatic rings. The number of benzene rings is 1. The average molecular weight is 463 g/mol. The molecule has 0 spiro atoms. The second kappa shape index (κ2) is 11.0. The number of rotatable bonds is 11. The number of thiophene rings is 1. The van der Waals surface area contributed by atoms with Crippen molar-refractivity contribution in [2.75, 3.05) is 46.5 Å². The van der Waals surface area contributed by atoms with Crippen LogP contribution in [0.3, 0.4) is 0 Å². The van der Waals surface area contributed by atoms with Crippen LogP contribution in [0.1, 0.15) is 23.4 Å². The quantitative estimate of drug-likeness (QED) is 0.520. The summed E-state index contributed by atoms with van der Waals surface area (Å²) in [5.74, 6) is 0.0208. The summed E-state index contributed by atoms with van der Waals surface area (Å²) in [4.78, 5) is 18.3. The van der Waals surface area contributed by atoms with Crippen LogP contribution in [-0.4, -0.2) is 72.9 Å². The summed E-state index contributed by atoms with van der Waals surface area (Å²) >= 11 is 1.68. The van der Waals surface area contributed by atoms with E-state index in [4.69, 9.17) is 9.47 Å². The van der Waals surface area contributed by atoms with E-state index < -0.39 is 5.60 Å². The van der Waals surface area contributed by atoms with Crippen LogP contribution in [0.2, 0.25) is 0 Å². The number of carbonyl (C=O) groups excluding carboxylic acids is 1. The molecule has 2 atom stereocenters. The first-order valence-corrected chi connectivity index (χ1v) is 11.5. The van der Waals surface area contributed by atoms with Crippen LogP contribution < -0.4 is 4.74 Å². The minimum Gasteiger partial charge on any atom is -0.491 e. The lowest BCUT2D eigenvalue weighted by molar-refractivity contribution is -0.136. The molecule has 0 saturated carbocycles. The molecule has 174 valence electrons. The van der Waals surface area contributed by atoms with Gasteiger partial charge in [-0.2, -0.15) is 0 Å². The number of aliphatic hydroxyl groups is 1. The molecular formula is C24H31FN2O4S. The van der Waals surface area contributed by atoms with Crippen molar-refractivity contribution in [3.63, 3.8) is 0 Å². The highest BCUT2D eigenvalue weighted by Crippen LogP contribution is 2.34. The van der Waals surface area contributed by atoms with E-state index >= 15 is 0 Å². The molecule has 1 aliphatic heterocycles. The molecule has 32 heavy (non-hydrogen) atoms. The van der Waals surface area contributed by atoms with Crippen molar-refractivity contribution < 1.29 is 23.8 Å². The Balaban J connectivity index is 1.75. The van der Waals surface area contributed by atoms with Gasteiger partial charge in [0.15, 0.2) is 0 Å². The number of ether oxygens (including phenoxy) is 2. The first kappa shape index (κ1) is 24.4. The van der Waals surface area contributed by atoms with Gasteiger partial charge in [0.1, 0.15) is 18.2 Å². The second-order valence-corrected chi connectivity index (χ2v) is 9.19. The van der Waals surface area contributed by atoms with Crippen molar-refractivity contribution >= 4 is 17.2 Å². The summed E-state index contributed by atoms with van der Waals surface area (Å²) in [5.41, 5.74) is -0.0383. The van der Waals surface area contributed by atoms with Crippen molar-refractivity contribution in [1.82, 2.24) is 9.80 Å². The lowest BCUT2D eigenvalue weighted by atomic mass is 10.00. The summed E-state index contributed by atoms with van der Waals surface area (Å²) in [5, 5.41) is 12.5. The molecule has 1 N–H and O–H groups in total. The van der Waals surface area contributed by atoms with Crippen molar-refractivity contribution in [2.24, 2.45) is 0 Å². The van der Waals surface area contributed by atoms with Crippen molar-refractivity contribution in [3.8, 4) is 5.75 Å². The number of hydrogen-bond acceptors (Lipinski definition) is 6. The number of carbonyl (C=O) groups is 1. The van der Waals surface area contributed by atoms with Gasteiger partial charge in [-0.1, -0.05) is 12.1 Å². The molecule has 0 saturated heterocycles. The van der Waals surface area contributed by atoms with E-state index in [2.05, 4.69) is 6.58 Å². The molecule has 0 bridgehead atoms. The third kappa shape index (κ3) is 6.38. The van der Waals surface area contributed by atoms with Crippen molar-refractivity contribution in [3.05, 3.63) is 64.6 Å². The van der Waals surface area contributed by atoms with Crippen LogP contribution in [0, 0.1) is 5.82 Å². The summed E-state index contributed by atoms with van der Waals surface area (Å²) < 4.78 is 24.6. The monoisotopic (exact) mass is 462 g/mol. The van der Waals surface area contributed by atoms with E-state index in [-0.39, 0.29) is 37.5 Å². The minimum absolute atomic E-state index is 0.0503. The number of amides is 1. The van der Waals surface area contributed by atoms with E-state index in [1.165, 1.54) is 23.1 Å². The normalized spacial score (nSPS) is 17.7. The summed E-state index contributed by atoms with van der Waals surface area (Å²) in [7, 11) is 1.61. The van der Waals surface area contributed by atoms with E-state index in [0.29, 0.717) is 25.4 Å². The molecule has 2 heterocycles. The van der Waals surface area contributed by atoms with Crippen molar-refractivity contribution in [2.45, 2.75) is 25.0 Å². The Morgan fingerprint density at radius 1 is 1.47 bits per heavy atom. The average Bonchev–Trinajstić information content (AvgIpc) is 3.24. The van der Waals surface area contributed by atoms with Crippen LogP contribution in [-0.2, 0) is 16.0 Å². The van der Waals surface area contributed by atoms with Gasteiger partial charge in [0.25, 0.3) is 0 Å². The van der Waals surface area contributed by atoms with E-state index in [0.717, 1.165) is 12.0 Å². The number of methoxy groups -OCH3 is 1. The van der Waals surface area contributed by atoms with E-state index in [1.807, 2.05) is 21.2 Å². The first-order chi connectivity index (χ1) is 15.3. The number of fused-ring (bicyclic) bond motifs is 1. The van der Waals surface area contributed by atoms with Gasteiger partial charge in [0, 0.05) is 37.7 Å². The Kier molecular flexibility index (Phi) is 8.42. The van der Waals surface area contributed by atoms with Gasteiger partial charge in [-0.15, -0.1) is 17.9 Å². The van der Waals surface area contributed by atoms with E-state index in [9.17, 15) is 14.3 Å². The SMILES string of the molecule is C=CC(C)(O)CN(CCOC)CC(=O)N1CCc2sccc2C1COc1cccc(F)c1. The smallest absolute Gasteiger partial charge is 0.237 e. The molecule has 1 aromatic heterocycles. The van der Waals surface area contributed by atoms with Crippen LogP contribution in [0.5, 0.6) is 5.75 Å². The fraction of sp³-hybridized carbons (Fsp3) is 0.458. The maximum atomic E-state index is 13.6. The maximum Gasteiger partial charge on any atom is 0.237 e. The van der Waals surface area contributed by atoms with Gasteiger partial charge in [-0.3, -0.25) is 9.69 Å². The lowest BCUT2D eigenvalue weighted by Gasteiger charge is -2.37. The Morgan fingerprint density at radius 3 is 3.00 bits per heavy atom. The first-order valence-electron chi connectivity index (χ1n) is 10.6. The van der Waals surface area contributed by atoms with Gasteiger partial charge in [-0.05, 0) is 42.5 Å². The third-order valence-corrected chi connectivity index (χ3v) is 6.57. The molecule has 2 unspecified atom stereocenters. The Labute approximate surface area is 192 Å². The predicted octanol–water partition coefficient (Wildman–Crippen LogP) is 3.28. The molecular weight excluding hydrogens is 431 g/mol. The van der Waals surface area contributed by atoms with Gasteiger partial charge in [0.2, 0.25) is 5.91 Å². The predicted molar refractivity (Wildman–Crippen MR) is 124 cm³/mol. The van der Waals surface area contributed by atoms with Gasteiger partial charge >= 0.3 is 0 Å². The molecule has 0 radical (unpaired) electrons. The molecule has 1 aliphatic rings. The molecule has 0 aliphatic carbocycles. The molecule has 6 nitrogen and oxygen atoms in total. The molecule has 1 amide bonds. The van der Waals surface area contributed by atoms with Gasteiger partial charge in [-0.25, -0.2) is 4.39 Å². The van der Waals surface area contributed by atoms with Crippen molar-refractivity contribution in [1.29, 1.82) is 0 Å². The summed E-state index contributed by atoms with van der Waals surface area (Å²) in [6, 6.07) is 7.79. The molecule has 0 fully saturated rings. The topological polar surface area (TPSA) is 62.2 Å². The highest BCUT2D eigenvalue weighted by Gasteiger charge is 2.33. The number of halogens is 1.